The number of hydrogen-bond donors (Lipinski definition) is 0. The molecule has 6 rings (SSSR count). The average molecular weight is 459 g/mol. The number of benzene rings is 2. The summed E-state index contributed by atoms with van der Waals surface area (Å²) >= 11 is 0. The predicted octanol–water partition coefficient (Wildman–Crippen LogP) is 3.75. The number of aryl methyl sites for hydroxylation is 1. The summed E-state index contributed by atoms with van der Waals surface area (Å²) in [6, 6.07) is 20.3. The van der Waals surface area contributed by atoms with Crippen molar-refractivity contribution in [3.05, 3.63) is 83.2 Å². The minimum Gasteiger partial charge on any atom is -0.454 e. The molecule has 1 aromatic heterocycles. The summed E-state index contributed by atoms with van der Waals surface area (Å²) in [7, 11) is 0. The molecular formula is C28H34N4O2. The highest BCUT2D eigenvalue weighted by atomic mass is 16.7. The number of piperazine rings is 1. The van der Waals surface area contributed by atoms with Crippen LogP contribution < -0.4 is 9.47 Å². The van der Waals surface area contributed by atoms with Crippen LogP contribution in [0.5, 0.6) is 11.5 Å². The summed E-state index contributed by atoms with van der Waals surface area (Å²) < 4.78 is 13.4. The molecule has 0 radical (unpaired) electrons. The first kappa shape index (κ1) is 21.7. The molecule has 3 aliphatic heterocycles. The number of nitrogens with zero attached hydrogens (tertiary/aromatic N) is 4. The van der Waals surface area contributed by atoms with Gasteiger partial charge in [-0.1, -0.05) is 35.9 Å². The van der Waals surface area contributed by atoms with Crippen molar-refractivity contribution < 1.29 is 9.47 Å². The molecule has 3 aliphatic rings. The summed E-state index contributed by atoms with van der Waals surface area (Å²) in [5.41, 5.74) is 5.44. The lowest BCUT2D eigenvalue weighted by Gasteiger charge is -2.40. The molecule has 0 amide bonds. The van der Waals surface area contributed by atoms with Crippen LogP contribution in [-0.2, 0) is 13.1 Å². The van der Waals surface area contributed by atoms with Crippen LogP contribution in [0.15, 0.2) is 60.8 Å². The normalized spacial score (nSPS) is 21.0. The largest absolute Gasteiger partial charge is 0.454 e. The van der Waals surface area contributed by atoms with Gasteiger partial charge in [-0.25, -0.2) is 0 Å². The Morgan fingerprint density at radius 1 is 0.794 bits per heavy atom. The number of hydrogen-bond acceptors (Lipinski definition) is 5. The summed E-state index contributed by atoms with van der Waals surface area (Å²) in [6.45, 7) is 12.4. The maximum Gasteiger partial charge on any atom is 0.231 e. The van der Waals surface area contributed by atoms with Gasteiger partial charge in [0.15, 0.2) is 11.5 Å². The van der Waals surface area contributed by atoms with E-state index < -0.39 is 0 Å². The molecule has 34 heavy (non-hydrogen) atoms. The first-order chi connectivity index (χ1) is 16.7. The lowest BCUT2D eigenvalue weighted by molar-refractivity contribution is 0.101. The van der Waals surface area contributed by atoms with Gasteiger partial charge in [0.05, 0.1) is 6.04 Å². The second-order valence-corrected chi connectivity index (χ2v) is 9.78. The molecule has 1 unspecified atom stereocenters. The van der Waals surface area contributed by atoms with E-state index in [2.05, 4.69) is 80.9 Å². The van der Waals surface area contributed by atoms with Crippen LogP contribution in [0.3, 0.4) is 0 Å². The fraction of sp³-hybridized carbons (Fsp3) is 0.429. The molecule has 1 saturated heterocycles. The Balaban J connectivity index is 1.05. The minimum absolute atomic E-state index is 0.338. The van der Waals surface area contributed by atoms with E-state index in [1.54, 1.807) is 0 Å². The van der Waals surface area contributed by atoms with Crippen LogP contribution in [-0.4, -0.2) is 71.9 Å². The number of rotatable bonds is 6. The van der Waals surface area contributed by atoms with Crippen molar-refractivity contribution in [1.82, 2.24) is 19.3 Å². The zero-order valence-electron chi connectivity index (χ0n) is 20.0. The van der Waals surface area contributed by atoms with Crippen molar-refractivity contribution in [2.75, 3.05) is 52.6 Å². The molecule has 1 fully saturated rings. The molecular weight excluding hydrogens is 424 g/mol. The molecule has 0 bridgehead atoms. The van der Waals surface area contributed by atoms with Crippen LogP contribution in [0.4, 0.5) is 0 Å². The van der Waals surface area contributed by atoms with Gasteiger partial charge in [0.1, 0.15) is 0 Å². The van der Waals surface area contributed by atoms with Crippen LogP contribution in [0.2, 0.25) is 0 Å². The Morgan fingerprint density at radius 2 is 1.59 bits per heavy atom. The molecule has 6 nitrogen and oxygen atoms in total. The van der Waals surface area contributed by atoms with Crippen LogP contribution in [0.25, 0.3) is 0 Å². The number of aromatic nitrogens is 1. The van der Waals surface area contributed by atoms with E-state index in [0.717, 1.165) is 70.4 Å². The smallest absolute Gasteiger partial charge is 0.231 e. The first-order valence-electron chi connectivity index (χ1n) is 12.5. The molecule has 0 N–H and O–H groups in total. The maximum atomic E-state index is 5.54. The van der Waals surface area contributed by atoms with E-state index in [-0.39, 0.29) is 0 Å². The molecule has 0 saturated carbocycles. The van der Waals surface area contributed by atoms with Crippen molar-refractivity contribution in [2.24, 2.45) is 0 Å². The lowest BCUT2D eigenvalue weighted by Crippen LogP contribution is -2.49. The second-order valence-electron chi connectivity index (χ2n) is 9.78. The highest BCUT2D eigenvalue weighted by Crippen LogP contribution is 2.34. The molecule has 0 spiro atoms. The van der Waals surface area contributed by atoms with E-state index in [9.17, 15) is 0 Å². The lowest BCUT2D eigenvalue weighted by atomic mass is 9.99. The van der Waals surface area contributed by atoms with Gasteiger partial charge in [-0.2, -0.15) is 0 Å². The molecule has 178 valence electrons. The number of ether oxygens (including phenoxy) is 2. The third-order valence-corrected chi connectivity index (χ3v) is 7.54. The van der Waals surface area contributed by atoms with Gasteiger partial charge in [0.25, 0.3) is 0 Å². The van der Waals surface area contributed by atoms with Crippen LogP contribution in [0.1, 0.15) is 28.4 Å². The Hall–Kier alpha value is -2.80. The molecule has 6 heteroatoms. The van der Waals surface area contributed by atoms with Crippen molar-refractivity contribution in [3.8, 4) is 11.5 Å². The first-order valence-corrected chi connectivity index (χ1v) is 12.5. The van der Waals surface area contributed by atoms with Crippen molar-refractivity contribution in [3.63, 3.8) is 0 Å². The minimum atomic E-state index is 0.338. The van der Waals surface area contributed by atoms with Gasteiger partial charge < -0.3 is 14.0 Å². The highest BCUT2D eigenvalue weighted by Gasteiger charge is 2.29. The van der Waals surface area contributed by atoms with E-state index in [4.69, 9.17) is 9.47 Å². The van der Waals surface area contributed by atoms with Crippen molar-refractivity contribution >= 4 is 0 Å². The van der Waals surface area contributed by atoms with Gasteiger partial charge in [0, 0.05) is 70.8 Å². The molecule has 4 heterocycles. The van der Waals surface area contributed by atoms with E-state index in [1.165, 1.54) is 22.4 Å². The quantitative estimate of drug-likeness (QED) is 0.562. The standard InChI is InChI=1S/C28H34N4O2/c1-22-4-7-24(8-5-22)28-25-3-2-10-31(25)17-18-32(28)16-15-29-11-13-30(14-12-29)20-23-6-9-26-27(19-23)34-21-33-26/h2-10,19,28H,11-18,20-21H2,1H3. The highest BCUT2D eigenvalue weighted by molar-refractivity contribution is 5.44. The monoisotopic (exact) mass is 458 g/mol. The maximum absolute atomic E-state index is 5.54. The van der Waals surface area contributed by atoms with Gasteiger partial charge in [-0.15, -0.1) is 0 Å². The summed E-state index contributed by atoms with van der Waals surface area (Å²) in [6.07, 6.45) is 2.23. The summed E-state index contributed by atoms with van der Waals surface area (Å²) in [5, 5.41) is 0. The van der Waals surface area contributed by atoms with Crippen molar-refractivity contribution in [1.29, 1.82) is 0 Å². The van der Waals surface area contributed by atoms with Crippen molar-refractivity contribution in [2.45, 2.75) is 26.1 Å². The van der Waals surface area contributed by atoms with Gasteiger partial charge in [0.2, 0.25) is 6.79 Å². The van der Waals surface area contributed by atoms with Crippen LogP contribution in [0, 0.1) is 6.92 Å². The Kier molecular flexibility index (Phi) is 6.04. The predicted molar refractivity (Wildman–Crippen MR) is 133 cm³/mol. The van der Waals surface area contributed by atoms with Gasteiger partial charge in [-0.05, 0) is 42.3 Å². The Labute approximate surface area is 202 Å². The fourth-order valence-electron chi connectivity index (χ4n) is 5.54. The summed E-state index contributed by atoms with van der Waals surface area (Å²) in [5.74, 6) is 1.74. The molecule has 3 aromatic rings. The van der Waals surface area contributed by atoms with E-state index in [0.29, 0.717) is 12.8 Å². The average Bonchev–Trinajstić information content (AvgIpc) is 3.53. The van der Waals surface area contributed by atoms with E-state index in [1.807, 2.05) is 6.07 Å². The zero-order valence-corrected chi connectivity index (χ0v) is 20.0. The number of fused-ring (bicyclic) bond motifs is 2. The van der Waals surface area contributed by atoms with Gasteiger partial charge in [-0.3, -0.25) is 14.7 Å². The fourth-order valence-corrected chi connectivity index (χ4v) is 5.54. The SMILES string of the molecule is Cc1ccc(C2c3cccn3CCN2CCN2CCN(Cc3ccc4c(c3)OCO4)CC2)cc1. The topological polar surface area (TPSA) is 33.1 Å². The molecule has 0 aliphatic carbocycles. The molecule has 2 aromatic carbocycles. The molecule has 1 atom stereocenters. The summed E-state index contributed by atoms with van der Waals surface area (Å²) in [4.78, 5) is 7.87. The Morgan fingerprint density at radius 3 is 2.44 bits per heavy atom. The van der Waals surface area contributed by atoms with Gasteiger partial charge >= 0.3 is 0 Å². The Bertz CT molecular complexity index is 1120. The third kappa shape index (κ3) is 4.45. The second kappa shape index (κ2) is 9.45. The van der Waals surface area contributed by atoms with E-state index >= 15 is 0 Å². The third-order valence-electron chi connectivity index (χ3n) is 7.54. The zero-order chi connectivity index (χ0) is 22.9. The van der Waals surface area contributed by atoms with Crippen LogP contribution >= 0.6 is 0 Å².